The molecule has 0 saturated carbocycles. The van der Waals surface area contributed by atoms with Crippen LogP contribution in [0.4, 0.5) is 11.4 Å². The van der Waals surface area contributed by atoms with E-state index in [0.29, 0.717) is 5.92 Å². The molecule has 5 heteroatoms. The van der Waals surface area contributed by atoms with Crippen LogP contribution < -0.4 is 5.32 Å². The van der Waals surface area contributed by atoms with Crippen LogP contribution >= 0.6 is 0 Å². The topological polar surface area (TPSA) is 64.4 Å². The van der Waals surface area contributed by atoms with Gasteiger partial charge in [-0.25, -0.2) is 0 Å². The first-order valence-electron chi connectivity index (χ1n) is 5.82. The van der Waals surface area contributed by atoms with Crippen LogP contribution in [0, 0.1) is 16.0 Å². The summed E-state index contributed by atoms with van der Waals surface area (Å²) < 4.78 is 5.29. The number of rotatable bonds is 4. The van der Waals surface area contributed by atoms with E-state index in [1.165, 1.54) is 6.07 Å². The Bertz CT molecular complexity index is 389. The number of nitrogens with one attached hydrogen (secondary N) is 1. The fraction of sp³-hybridized carbons (Fsp3) is 0.500. The van der Waals surface area contributed by atoms with Gasteiger partial charge in [0.1, 0.15) is 0 Å². The van der Waals surface area contributed by atoms with E-state index in [-0.39, 0.29) is 10.6 Å². The lowest BCUT2D eigenvalue weighted by atomic mass is 10.0. The molecule has 0 amide bonds. The Morgan fingerprint density at radius 1 is 1.41 bits per heavy atom. The van der Waals surface area contributed by atoms with Gasteiger partial charge in [-0.15, -0.1) is 0 Å². The van der Waals surface area contributed by atoms with Crippen LogP contribution in [0.1, 0.15) is 12.8 Å². The van der Waals surface area contributed by atoms with E-state index in [2.05, 4.69) is 5.32 Å². The largest absolute Gasteiger partial charge is 0.385 e. The monoisotopic (exact) mass is 236 g/mol. The molecule has 0 spiro atoms. The van der Waals surface area contributed by atoms with Gasteiger partial charge in [0, 0.05) is 37.6 Å². The SMILES string of the molecule is O=[N+]([O-])c1cccc(NCC2CCOCC2)c1. The fourth-order valence-corrected chi connectivity index (χ4v) is 1.94. The number of ether oxygens (including phenoxy) is 1. The zero-order chi connectivity index (χ0) is 12.1. The minimum absolute atomic E-state index is 0.127. The second-order valence-corrected chi connectivity index (χ2v) is 4.24. The zero-order valence-electron chi connectivity index (χ0n) is 9.59. The van der Waals surface area contributed by atoms with Crippen molar-refractivity contribution in [2.24, 2.45) is 5.92 Å². The number of nitro groups is 1. The van der Waals surface area contributed by atoms with Crippen molar-refractivity contribution in [2.45, 2.75) is 12.8 Å². The number of nitro benzene ring substituents is 1. The summed E-state index contributed by atoms with van der Waals surface area (Å²) in [5.41, 5.74) is 0.938. The van der Waals surface area contributed by atoms with Crippen molar-refractivity contribution in [1.82, 2.24) is 0 Å². The van der Waals surface area contributed by atoms with Crippen LogP contribution in [-0.4, -0.2) is 24.7 Å². The van der Waals surface area contributed by atoms with Crippen molar-refractivity contribution < 1.29 is 9.66 Å². The highest BCUT2D eigenvalue weighted by molar-refractivity contribution is 5.50. The van der Waals surface area contributed by atoms with Gasteiger partial charge in [-0.3, -0.25) is 10.1 Å². The van der Waals surface area contributed by atoms with E-state index in [9.17, 15) is 10.1 Å². The van der Waals surface area contributed by atoms with Gasteiger partial charge in [0.15, 0.2) is 0 Å². The van der Waals surface area contributed by atoms with Gasteiger partial charge in [-0.05, 0) is 24.8 Å². The Balaban J connectivity index is 1.89. The van der Waals surface area contributed by atoms with E-state index >= 15 is 0 Å². The lowest BCUT2D eigenvalue weighted by molar-refractivity contribution is -0.384. The van der Waals surface area contributed by atoms with Crippen LogP contribution in [-0.2, 0) is 4.74 Å². The minimum atomic E-state index is -0.375. The molecule has 2 rings (SSSR count). The molecule has 1 aliphatic rings. The third-order valence-electron chi connectivity index (χ3n) is 2.99. The normalized spacial score (nSPS) is 16.7. The van der Waals surface area contributed by atoms with Gasteiger partial charge in [0.25, 0.3) is 5.69 Å². The van der Waals surface area contributed by atoms with Gasteiger partial charge in [-0.2, -0.15) is 0 Å². The van der Waals surface area contributed by atoms with Crippen molar-refractivity contribution in [3.8, 4) is 0 Å². The van der Waals surface area contributed by atoms with Crippen LogP contribution in [0.15, 0.2) is 24.3 Å². The quantitative estimate of drug-likeness (QED) is 0.644. The van der Waals surface area contributed by atoms with E-state index < -0.39 is 0 Å². The molecule has 1 N–H and O–H groups in total. The van der Waals surface area contributed by atoms with Crippen molar-refractivity contribution in [1.29, 1.82) is 0 Å². The first-order valence-corrected chi connectivity index (χ1v) is 5.82. The van der Waals surface area contributed by atoms with E-state index in [0.717, 1.165) is 38.3 Å². The Morgan fingerprint density at radius 3 is 2.88 bits per heavy atom. The average molecular weight is 236 g/mol. The summed E-state index contributed by atoms with van der Waals surface area (Å²) in [6, 6.07) is 6.62. The molecular weight excluding hydrogens is 220 g/mol. The van der Waals surface area contributed by atoms with Crippen LogP contribution in [0.3, 0.4) is 0 Å². The summed E-state index contributed by atoms with van der Waals surface area (Å²) in [5, 5.41) is 13.9. The molecule has 1 aromatic carbocycles. The Hall–Kier alpha value is -1.62. The predicted octanol–water partition coefficient (Wildman–Crippen LogP) is 2.43. The maximum atomic E-state index is 10.6. The number of hydrogen-bond donors (Lipinski definition) is 1. The number of hydrogen-bond acceptors (Lipinski definition) is 4. The Morgan fingerprint density at radius 2 is 2.18 bits per heavy atom. The number of benzene rings is 1. The van der Waals surface area contributed by atoms with Gasteiger partial charge >= 0.3 is 0 Å². The molecular formula is C12H16N2O3. The van der Waals surface area contributed by atoms with Gasteiger partial charge in [0.2, 0.25) is 0 Å². The van der Waals surface area contributed by atoms with E-state index in [1.54, 1.807) is 12.1 Å². The number of anilines is 1. The molecule has 0 atom stereocenters. The zero-order valence-corrected chi connectivity index (χ0v) is 9.59. The molecule has 1 aromatic rings. The molecule has 0 unspecified atom stereocenters. The predicted molar refractivity (Wildman–Crippen MR) is 65.1 cm³/mol. The second kappa shape index (κ2) is 5.63. The summed E-state index contributed by atoms with van der Waals surface area (Å²) in [4.78, 5) is 10.2. The molecule has 1 saturated heterocycles. The molecule has 0 aliphatic carbocycles. The van der Waals surface area contributed by atoms with Gasteiger partial charge in [-0.1, -0.05) is 6.07 Å². The summed E-state index contributed by atoms with van der Waals surface area (Å²) in [6.07, 6.45) is 2.11. The van der Waals surface area contributed by atoms with Crippen molar-refractivity contribution in [2.75, 3.05) is 25.1 Å². The Kier molecular flexibility index (Phi) is 3.93. The summed E-state index contributed by atoms with van der Waals surface area (Å²) in [5.74, 6) is 0.600. The first kappa shape index (κ1) is 11.9. The minimum Gasteiger partial charge on any atom is -0.385 e. The molecule has 0 radical (unpaired) electrons. The van der Waals surface area contributed by atoms with Gasteiger partial charge in [0.05, 0.1) is 4.92 Å². The van der Waals surface area contributed by atoms with Crippen molar-refractivity contribution >= 4 is 11.4 Å². The fourth-order valence-electron chi connectivity index (χ4n) is 1.94. The summed E-state index contributed by atoms with van der Waals surface area (Å²) in [6.45, 7) is 2.49. The van der Waals surface area contributed by atoms with E-state index in [1.807, 2.05) is 6.07 Å². The highest BCUT2D eigenvalue weighted by atomic mass is 16.6. The molecule has 0 aromatic heterocycles. The molecule has 5 nitrogen and oxygen atoms in total. The standard InChI is InChI=1S/C12H16N2O3/c15-14(16)12-3-1-2-11(8-12)13-9-10-4-6-17-7-5-10/h1-3,8,10,13H,4-7,9H2. The molecule has 17 heavy (non-hydrogen) atoms. The number of non-ortho nitro benzene ring substituents is 1. The van der Waals surface area contributed by atoms with Crippen molar-refractivity contribution in [3.05, 3.63) is 34.4 Å². The Labute approximate surface area is 99.9 Å². The van der Waals surface area contributed by atoms with Crippen molar-refractivity contribution in [3.63, 3.8) is 0 Å². The molecule has 92 valence electrons. The smallest absolute Gasteiger partial charge is 0.271 e. The van der Waals surface area contributed by atoms with Crippen LogP contribution in [0.25, 0.3) is 0 Å². The van der Waals surface area contributed by atoms with Crippen LogP contribution in [0.2, 0.25) is 0 Å². The second-order valence-electron chi connectivity index (χ2n) is 4.24. The first-order chi connectivity index (χ1) is 8.25. The lowest BCUT2D eigenvalue weighted by Gasteiger charge is -2.22. The summed E-state index contributed by atoms with van der Waals surface area (Å²) in [7, 11) is 0. The number of nitrogens with zero attached hydrogens (tertiary/aromatic N) is 1. The third kappa shape index (κ3) is 3.42. The highest BCUT2D eigenvalue weighted by Crippen LogP contribution is 2.19. The molecule has 1 aliphatic heterocycles. The average Bonchev–Trinajstić information content (AvgIpc) is 2.38. The third-order valence-corrected chi connectivity index (χ3v) is 2.99. The lowest BCUT2D eigenvalue weighted by Crippen LogP contribution is -2.22. The van der Waals surface area contributed by atoms with E-state index in [4.69, 9.17) is 4.74 Å². The highest BCUT2D eigenvalue weighted by Gasteiger charge is 2.13. The van der Waals surface area contributed by atoms with Gasteiger partial charge < -0.3 is 10.1 Å². The molecule has 1 fully saturated rings. The molecule has 0 bridgehead atoms. The molecule has 1 heterocycles. The maximum absolute atomic E-state index is 10.6. The van der Waals surface area contributed by atoms with Crippen LogP contribution in [0.5, 0.6) is 0 Å². The summed E-state index contributed by atoms with van der Waals surface area (Å²) >= 11 is 0. The maximum Gasteiger partial charge on any atom is 0.271 e.